The van der Waals surface area contributed by atoms with E-state index >= 15 is 0 Å². The summed E-state index contributed by atoms with van der Waals surface area (Å²) in [7, 11) is -3.92. The maximum Gasteiger partial charge on any atom is 0.252 e. The van der Waals surface area contributed by atoms with E-state index in [1.54, 1.807) is 19.9 Å². The number of ether oxygens (including phenoxy) is 2. The second-order valence-electron chi connectivity index (χ2n) is 11.4. The number of carbonyl (C=O) groups excluding carboxylic acids is 2. The fourth-order valence-corrected chi connectivity index (χ4v) is 7.33. The number of nitrogens with zero attached hydrogens (tertiary/aromatic N) is 2. The van der Waals surface area contributed by atoms with Gasteiger partial charge in [-0.3, -0.25) is 25.2 Å². The molecule has 0 aromatic heterocycles. The lowest BCUT2D eigenvalue weighted by molar-refractivity contribution is -0.148. The van der Waals surface area contributed by atoms with Crippen LogP contribution in [0, 0.1) is 18.3 Å². The summed E-state index contributed by atoms with van der Waals surface area (Å²) in [5.41, 5.74) is 3.57. The van der Waals surface area contributed by atoms with Crippen LogP contribution < -0.4 is 20.2 Å². The van der Waals surface area contributed by atoms with Gasteiger partial charge in [0.1, 0.15) is 5.37 Å². The quantitative estimate of drug-likeness (QED) is 0.213. The predicted octanol–water partition coefficient (Wildman–Crippen LogP) is 2.10. The highest BCUT2D eigenvalue weighted by atomic mass is 32.2. The number of sulfone groups is 1. The Morgan fingerprint density at radius 2 is 1.80 bits per heavy atom. The number of rotatable bonds is 14. The Morgan fingerprint density at radius 1 is 1.09 bits per heavy atom. The number of aliphatic hydroxyl groups is 1. The van der Waals surface area contributed by atoms with Gasteiger partial charge in [-0.05, 0) is 56.0 Å². The number of fused-ring (bicyclic) bond motifs is 1. The van der Waals surface area contributed by atoms with Gasteiger partial charge >= 0.3 is 0 Å². The normalized spacial score (nSPS) is 16.7. The van der Waals surface area contributed by atoms with Crippen molar-refractivity contribution in [3.05, 3.63) is 54.1 Å². The summed E-state index contributed by atoms with van der Waals surface area (Å²) in [6.45, 7) is 5.10. The number of terminal acetylenes is 1. The smallest absolute Gasteiger partial charge is 0.252 e. The lowest BCUT2D eigenvalue weighted by atomic mass is 9.99. The highest BCUT2D eigenvalue weighted by molar-refractivity contribution is 7.92. The molecule has 3 N–H and O–H groups in total. The molecule has 0 aliphatic carbocycles. The molecule has 1 fully saturated rings. The van der Waals surface area contributed by atoms with Crippen molar-refractivity contribution in [2.24, 2.45) is 5.92 Å². The molecule has 238 valence electrons. The van der Waals surface area contributed by atoms with Crippen molar-refractivity contribution in [3.8, 4) is 23.8 Å². The Morgan fingerprint density at radius 3 is 2.48 bits per heavy atom. The zero-order valence-electron chi connectivity index (χ0n) is 25.3. The third kappa shape index (κ3) is 8.51. The van der Waals surface area contributed by atoms with Crippen LogP contribution in [0.25, 0.3) is 0 Å². The summed E-state index contributed by atoms with van der Waals surface area (Å²) in [6, 6.07) is 12.8. The zero-order valence-corrected chi connectivity index (χ0v) is 26.1. The van der Waals surface area contributed by atoms with E-state index in [0.29, 0.717) is 11.5 Å². The molecule has 12 heteroatoms. The molecular weight excluding hydrogens is 584 g/mol. The highest BCUT2D eigenvalue weighted by Gasteiger charge is 2.36. The van der Waals surface area contributed by atoms with E-state index in [9.17, 15) is 23.1 Å². The van der Waals surface area contributed by atoms with Gasteiger partial charge in [0, 0.05) is 25.5 Å². The van der Waals surface area contributed by atoms with Gasteiger partial charge in [-0.15, -0.1) is 12.3 Å². The van der Waals surface area contributed by atoms with Crippen LogP contribution in [-0.2, 0) is 25.8 Å². The first-order chi connectivity index (χ1) is 21.1. The van der Waals surface area contributed by atoms with E-state index in [0.717, 1.165) is 31.5 Å². The second kappa shape index (κ2) is 15.4. The number of benzene rings is 2. The van der Waals surface area contributed by atoms with E-state index in [-0.39, 0.29) is 55.9 Å². The third-order valence-corrected chi connectivity index (χ3v) is 10.1. The monoisotopic (exact) mass is 626 g/mol. The topological polar surface area (TPSA) is 138 Å². The van der Waals surface area contributed by atoms with Gasteiger partial charge in [0.15, 0.2) is 21.3 Å². The molecule has 0 bridgehead atoms. The molecule has 1 unspecified atom stereocenters. The first kappa shape index (κ1) is 33.3. The molecule has 3 atom stereocenters. The van der Waals surface area contributed by atoms with Crippen molar-refractivity contribution >= 4 is 21.7 Å². The van der Waals surface area contributed by atoms with Crippen LogP contribution in [-0.4, -0.2) is 85.7 Å². The van der Waals surface area contributed by atoms with Gasteiger partial charge < -0.3 is 14.6 Å². The van der Waals surface area contributed by atoms with Gasteiger partial charge in [0.2, 0.25) is 12.7 Å². The van der Waals surface area contributed by atoms with Crippen LogP contribution in [0.1, 0.15) is 45.1 Å². The van der Waals surface area contributed by atoms with E-state index in [1.807, 2.05) is 35.2 Å². The summed E-state index contributed by atoms with van der Waals surface area (Å²) in [4.78, 5) is 28.6. The minimum Gasteiger partial charge on any atom is -0.454 e. The van der Waals surface area contributed by atoms with Crippen LogP contribution in [0.15, 0.2) is 53.4 Å². The summed E-state index contributed by atoms with van der Waals surface area (Å²) in [5.74, 6) is 2.09. The van der Waals surface area contributed by atoms with Gasteiger partial charge in [-0.1, -0.05) is 44.2 Å². The third-order valence-electron chi connectivity index (χ3n) is 7.77. The van der Waals surface area contributed by atoms with Crippen LogP contribution >= 0.6 is 0 Å². The highest BCUT2D eigenvalue weighted by Crippen LogP contribution is 2.35. The number of nitrogens with one attached hydrogen (secondary N) is 2. The molecule has 44 heavy (non-hydrogen) atoms. The van der Waals surface area contributed by atoms with Gasteiger partial charge in [0.05, 0.1) is 23.6 Å². The number of amides is 2. The molecule has 2 aromatic rings. The van der Waals surface area contributed by atoms with Crippen LogP contribution in [0.3, 0.4) is 0 Å². The van der Waals surface area contributed by atoms with E-state index in [2.05, 4.69) is 16.7 Å². The number of hydrogen-bond acceptors (Lipinski definition) is 9. The van der Waals surface area contributed by atoms with Crippen molar-refractivity contribution in [1.82, 2.24) is 20.7 Å². The standard InChI is InChI=1S/C32H42N4O7S/c1-4-5-13-31(39)36(34-30(38)21-35-16-9-10-17-35)26(18-24-11-7-6-8-12-24)27(37)20-33-32(23(2)3)44(40,41)25-14-15-28-29(19-25)43-22-42-28/h1,6-8,11-12,14-15,19,23,26-27,32-33,37H,5,9-10,13,16-18,20-22H2,2-3H3,(H,34,38)/t26-,27+,32?/m0/s1. The second-order valence-corrected chi connectivity index (χ2v) is 13.5. The summed E-state index contributed by atoms with van der Waals surface area (Å²) in [6.07, 6.45) is 6.52. The first-order valence-electron chi connectivity index (χ1n) is 15.0. The maximum atomic E-state index is 13.7. The Bertz CT molecular complexity index is 1420. The van der Waals surface area contributed by atoms with E-state index in [4.69, 9.17) is 15.9 Å². The van der Waals surface area contributed by atoms with Crippen molar-refractivity contribution in [2.75, 3.05) is 33.0 Å². The van der Waals surface area contributed by atoms with Gasteiger partial charge in [-0.25, -0.2) is 13.4 Å². The summed E-state index contributed by atoms with van der Waals surface area (Å²) < 4.78 is 38.2. The lowest BCUT2D eigenvalue weighted by Crippen LogP contribution is -2.60. The molecule has 2 aliphatic heterocycles. The number of hydrazine groups is 1. The summed E-state index contributed by atoms with van der Waals surface area (Å²) >= 11 is 0. The molecule has 0 radical (unpaired) electrons. The fraction of sp³-hybridized carbons (Fsp3) is 0.500. The van der Waals surface area contributed by atoms with E-state index in [1.165, 1.54) is 17.1 Å². The van der Waals surface area contributed by atoms with Crippen molar-refractivity contribution in [2.45, 2.75) is 68.4 Å². The molecule has 1 saturated heterocycles. The van der Waals surface area contributed by atoms with E-state index < -0.39 is 33.3 Å². The van der Waals surface area contributed by atoms with Gasteiger partial charge in [-0.2, -0.15) is 0 Å². The largest absolute Gasteiger partial charge is 0.454 e. The van der Waals surface area contributed by atoms with Crippen molar-refractivity contribution < 1.29 is 32.6 Å². The Kier molecular flexibility index (Phi) is 11.6. The SMILES string of the molecule is C#CCCC(=O)N(NC(=O)CN1CCCC1)[C@@H](Cc1ccccc1)[C@H](O)CNC(C(C)C)S(=O)(=O)c1ccc2c(c1)OCO2. The minimum atomic E-state index is -3.92. The number of likely N-dealkylation sites (tertiary alicyclic amines) is 1. The molecule has 2 aliphatic rings. The predicted molar refractivity (Wildman–Crippen MR) is 165 cm³/mol. The maximum absolute atomic E-state index is 13.7. The molecule has 0 spiro atoms. The Labute approximate surface area is 259 Å². The van der Waals surface area contributed by atoms with Crippen LogP contribution in [0.2, 0.25) is 0 Å². The minimum absolute atomic E-state index is 0.0187. The van der Waals surface area contributed by atoms with Gasteiger partial charge in [0.25, 0.3) is 5.91 Å². The molecule has 11 nitrogen and oxygen atoms in total. The Balaban J connectivity index is 1.57. The summed E-state index contributed by atoms with van der Waals surface area (Å²) in [5, 5.41) is 14.8. The molecule has 2 aromatic carbocycles. The van der Waals surface area contributed by atoms with Crippen molar-refractivity contribution in [3.63, 3.8) is 0 Å². The molecular formula is C32H42N4O7S. The number of aliphatic hydroxyl groups excluding tert-OH is 1. The molecule has 0 saturated carbocycles. The van der Waals surface area contributed by atoms with Crippen LogP contribution in [0.4, 0.5) is 0 Å². The Hall–Kier alpha value is -3.63. The first-order valence-corrected chi connectivity index (χ1v) is 16.5. The average Bonchev–Trinajstić information content (AvgIpc) is 3.69. The zero-order chi connectivity index (χ0) is 31.7. The molecule has 4 rings (SSSR count). The number of hydrogen-bond donors (Lipinski definition) is 3. The van der Waals surface area contributed by atoms with Crippen LogP contribution in [0.5, 0.6) is 11.5 Å². The molecule has 2 heterocycles. The molecule has 2 amide bonds. The number of carbonyl (C=O) groups is 2. The lowest BCUT2D eigenvalue weighted by Gasteiger charge is -2.36. The van der Waals surface area contributed by atoms with Crippen molar-refractivity contribution in [1.29, 1.82) is 0 Å². The average molecular weight is 627 g/mol. The fourth-order valence-electron chi connectivity index (χ4n) is 5.48.